The zero-order valence-electron chi connectivity index (χ0n) is 11.0. The third-order valence-corrected chi connectivity index (χ3v) is 5.97. The van der Waals surface area contributed by atoms with E-state index in [-0.39, 0.29) is 0 Å². The molecule has 0 aliphatic carbocycles. The van der Waals surface area contributed by atoms with Gasteiger partial charge in [-0.25, -0.2) is 0 Å². The predicted octanol–water partition coefficient (Wildman–Crippen LogP) is 2.51. The number of carbonyl (C=O) groups excluding carboxylic acids is 1. The monoisotopic (exact) mass is 296 g/mol. The largest absolute Gasteiger partial charge is 0.335 e. The average molecular weight is 296 g/mol. The Morgan fingerprint density at radius 1 is 1.53 bits per heavy atom. The van der Waals surface area contributed by atoms with Crippen LogP contribution in [0.1, 0.15) is 30.2 Å². The molecule has 2 aliphatic rings. The number of nitrogens with one attached hydrogen (secondary N) is 1. The average Bonchev–Trinajstić information content (AvgIpc) is 3.10. The van der Waals surface area contributed by atoms with Gasteiger partial charge < -0.3 is 10.2 Å². The number of rotatable bonds is 3. The summed E-state index contributed by atoms with van der Waals surface area (Å²) in [7, 11) is 0. The molecule has 0 radical (unpaired) electrons. The Morgan fingerprint density at radius 3 is 3.21 bits per heavy atom. The van der Waals surface area contributed by atoms with Crippen LogP contribution in [0.2, 0.25) is 0 Å². The van der Waals surface area contributed by atoms with E-state index >= 15 is 0 Å². The van der Waals surface area contributed by atoms with E-state index in [4.69, 9.17) is 0 Å². The van der Waals surface area contributed by atoms with Gasteiger partial charge in [0.25, 0.3) is 0 Å². The van der Waals surface area contributed by atoms with Crippen molar-refractivity contribution in [1.82, 2.24) is 10.2 Å². The topological polar surface area (TPSA) is 32.3 Å². The van der Waals surface area contributed by atoms with Gasteiger partial charge in [-0.15, -0.1) is 11.3 Å². The fourth-order valence-corrected chi connectivity index (χ4v) is 4.74. The second kappa shape index (κ2) is 6.29. The van der Waals surface area contributed by atoms with Gasteiger partial charge >= 0.3 is 0 Å². The Balaban J connectivity index is 1.62. The Hall–Kier alpha value is -0.520. The highest BCUT2D eigenvalue weighted by Gasteiger charge is 2.31. The van der Waals surface area contributed by atoms with Crippen LogP contribution in [0.3, 0.4) is 0 Å². The summed E-state index contributed by atoms with van der Waals surface area (Å²) in [6, 6.07) is 4.95. The van der Waals surface area contributed by atoms with Crippen LogP contribution >= 0.6 is 23.1 Å². The number of likely N-dealkylation sites (tertiary alicyclic amines) is 1. The van der Waals surface area contributed by atoms with Crippen LogP contribution in [0.15, 0.2) is 17.5 Å². The lowest BCUT2D eigenvalue weighted by molar-refractivity contribution is -0.132. The van der Waals surface area contributed by atoms with Gasteiger partial charge in [0.1, 0.15) is 0 Å². The Labute approximate surface area is 122 Å². The minimum Gasteiger partial charge on any atom is -0.335 e. The summed E-state index contributed by atoms with van der Waals surface area (Å²) in [5.41, 5.74) is 0. The van der Waals surface area contributed by atoms with Crippen LogP contribution in [0.4, 0.5) is 0 Å². The highest BCUT2D eigenvalue weighted by atomic mass is 32.2. The summed E-state index contributed by atoms with van der Waals surface area (Å²) in [5.74, 6) is 2.58. The maximum Gasteiger partial charge on any atom is 0.224 e. The van der Waals surface area contributed by atoms with E-state index < -0.39 is 0 Å². The molecule has 5 heteroatoms. The van der Waals surface area contributed by atoms with E-state index in [1.54, 1.807) is 11.3 Å². The highest BCUT2D eigenvalue weighted by Crippen LogP contribution is 2.35. The van der Waals surface area contributed by atoms with Crippen LogP contribution in [0.5, 0.6) is 0 Å². The predicted molar refractivity (Wildman–Crippen MR) is 81.7 cm³/mol. The maximum absolute atomic E-state index is 12.5. The first-order chi connectivity index (χ1) is 9.34. The summed E-state index contributed by atoms with van der Waals surface area (Å²) in [6.07, 6.45) is 2.93. The molecule has 0 aromatic carbocycles. The molecule has 104 valence electrons. The van der Waals surface area contributed by atoms with E-state index in [0.29, 0.717) is 24.4 Å². The molecular formula is C14H20N2OS2. The molecule has 2 unspecified atom stereocenters. The van der Waals surface area contributed by atoms with E-state index in [0.717, 1.165) is 31.7 Å². The van der Waals surface area contributed by atoms with Gasteiger partial charge in [0.15, 0.2) is 0 Å². The fourth-order valence-electron chi connectivity index (χ4n) is 2.92. The molecule has 0 saturated carbocycles. The third-order valence-electron chi connectivity index (χ3n) is 3.86. The van der Waals surface area contributed by atoms with Crippen molar-refractivity contribution in [3.63, 3.8) is 0 Å². The molecule has 3 rings (SSSR count). The van der Waals surface area contributed by atoms with E-state index in [1.165, 1.54) is 10.6 Å². The van der Waals surface area contributed by atoms with Crippen molar-refractivity contribution in [3.8, 4) is 0 Å². The normalized spacial score (nSPS) is 27.7. The Bertz CT molecular complexity index is 415. The maximum atomic E-state index is 12.5. The number of thioether (sulfide) groups is 1. The van der Waals surface area contributed by atoms with Crippen LogP contribution < -0.4 is 5.32 Å². The first-order valence-electron chi connectivity index (χ1n) is 6.98. The molecule has 2 aliphatic heterocycles. The lowest BCUT2D eigenvalue weighted by atomic mass is 10.1. The SMILES string of the molecule is O=C(CC1CSCCN1)N1CCCC1c1cccs1. The van der Waals surface area contributed by atoms with Crippen molar-refractivity contribution in [2.24, 2.45) is 0 Å². The molecule has 0 spiro atoms. The van der Waals surface area contributed by atoms with Gasteiger partial charge in [-0.1, -0.05) is 6.07 Å². The van der Waals surface area contributed by atoms with Crippen molar-refractivity contribution in [3.05, 3.63) is 22.4 Å². The molecule has 2 fully saturated rings. The number of carbonyl (C=O) groups is 1. The summed E-state index contributed by atoms with van der Waals surface area (Å²) in [6.45, 7) is 1.97. The zero-order chi connectivity index (χ0) is 13.1. The minimum atomic E-state index is 0.330. The van der Waals surface area contributed by atoms with Crippen molar-refractivity contribution in [2.75, 3.05) is 24.6 Å². The number of nitrogens with zero attached hydrogens (tertiary/aromatic N) is 1. The molecule has 0 bridgehead atoms. The minimum absolute atomic E-state index is 0.330. The zero-order valence-corrected chi connectivity index (χ0v) is 12.6. The van der Waals surface area contributed by atoms with Gasteiger partial charge in [0.2, 0.25) is 5.91 Å². The first kappa shape index (κ1) is 13.5. The van der Waals surface area contributed by atoms with E-state index in [9.17, 15) is 4.79 Å². The Kier molecular flexibility index (Phi) is 4.45. The summed E-state index contributed by atoms with van der Waals surface area (Å²) in [5, 5.41) is 5.56. The highest BCUT2D eigenvalue weighted by molar-refractivity contribution is 7.99. The second-order valence-electron chi connectivity index (χ2n) is 5.19. The standard InChI is InChI=1S/C14H20N2OS2/c17-14(9-11-10-18-8-5-15-11)16-6-1-3-12(16)13-4-2-7-19-13/h2,4,7,11-12,15H,1,3,5-6,8-10H2. The van der Waals surface area contributed by atoms with Gasteiger partial charge in [0.05, 0.1) is 6.04 Å². The number of hydrogen-bond acceptors (Lipinski definition) is 4. The third kappa shape index (κ3) is 3.15. The molecule has 3 nitrogen and oxygen atoms in total. The molecule has 1 amide bonds. The molecule has 1 aromatic rings. The van der Waals surface area contributed by atoms with Crippen molar-refractivity contribution >= 4 is 29.0 Å². The quantitative estimate of drug-likeness (QED) is 0.930. The molecule has 19 heavy (non-hydrogen) atoms. The van der Waals surface area contributed by atoms with Crippen LogP contribution in [0, 0.1) is 0 Å². The summed E-state index contributed by atoms with van der Waals surface area (Å²) < 4.78 is 0. The number of amides is 1. The number of thiophene rings is 1. The van der Waals surface area contributed by atoms with Gasteiger partial charge in [-0.05, 0) is 24.3 Å². The van der Waals surface area contributed by atoms with Gasteiger partial charge in [-0.3, -0.25) is 4.79 Å². The van der Waals surface area contributed by atoms with Gasteiger partial charge in [0, 0.05) is 41.9 Å². The summed E-state index contributed by atoms with van der Waals surface area (Å²) >= 11 is 3.73. The molecule has 2 saturated heterocycles. The first-order valence-corrected chi connectivity index (χ1v) is 9.02. The van der Waals surface area contributed by atoms with E-state index in [2.05, 4.69) is 27.7 Å². The molecule has 2 atom stereocenters. The van der Waals surface area contributed by atoms with Crippen molar-refractivity contribution < 1.29 is 4.79 Å². The van der Waals surface area contributed by atoms with Gasteiger partial charge in [-0.2, -0.15) is 11.8 Å². The number of hydrogen-bond donors (Lipinski definition) is 1. The summed E-state index contributed by atoms with van der Waals surface area (Å²) in [4.78, 5) is 15.9. The Morgan fingerprint density at radius 2 is 2.47 bits per heavy atom. The van der Waals surface area contributed by atoms with E-state index in [1.807, 2.05) is 11.8 Å². The second-order valence-corrected chi connectivity index (χ2v) is 7.32. The molecule has 1 N–H and O–H groups in total. The van der Waals surface area contributed by atoms with Crippen molar-refractivity contribution in [1.29, 1.82) is 0 Å². The van der Waals surface area contributed by atoms with Crippen molar-refractivity contribution in [2.45, 2.75) is 31.3 Å². The van der Waals surface area contributed by atoms with Crippen LogP contribution in [-0.2, 0) is 4.79 Å². The van der Waals surface area contributed by atoms with Crippen LogP contribution in [-0.4, -0.2) is 41.4 Å². The molecule has 1 aromatic heterocycles. The fraction of sp³-hybridized carbons (Fsp3) is 0.643. The van der Waals surface area contributed by atoms with Crippen LogP contribution in [0.25, 0.3) is 0 Å². The molecule has 3 heterocycles. The smallest absolute Gasteiger partial charge is 0.224 e. The lowest BCUT2D eigenvalue weighted by Gasteiger charge is -2.28. The molecular weight excluding hydrogens is 276 g/mol. The lowest BCUT2D eigenvalue weighted by Crippen LogP contribution is -2.42.